The zero-order valence-corrected chi connectivity index (χ0v) is 14.1. The number of halogens is 1. The van der Waals surface area contributed by atoms with Crippen molar-refractivity contribution in [1.29, 1.82) is 0 Å². The molecule has 1 aromatic heterocycles. The van der Waals surface area contributed by atoms with Gasteiger partial charge in [0, 0.05) is 19.0 Å². The van der Waals surface area contributed by atoms with E-state index in [0.29, 0.717) is 11.8 Å². The van der Waals surface area contributed by atoms with Crippen LogP contribution in [0.1, 0.15) is 70.8 Å². The van der Waals surface area contributed by atoms with Crippen LogP contribution in [-0.2, 0) is 5.88 Å². The lowest BCUT2D eigenvalue weighted by Gasteiger charge is -2.26. The molecular weight excluding hydrogens is 270 g/mol. The minimum absolute atomic E-state index is 0.339. The molecule has 3 nitrogen and oxygen atoms in total. The second-order valence-electron chi connectivity index (χ2n) is 5.54. The lowest BCUT2D eigenvalue weighted by molar-refractivity contribution is 0.669. The van der Waals surface area contributed by atoms with Crippen molar-refractivity contribution in [2.24, 2.45) is 0 Å². The Morgan fingerprint density at radius 1 is 1.15 bits per heavy atom. The molecule has 0 aromatic carbocycles. The van der Waals surface area contributed by atoms with Gasteiger partial charge in [-0.2, -0.15) is 0 Å². The molecule has 0 unspecified atom stereocenters. The highest BCUT2D eigenvalue weighted by Gasteiger charge is 2.14. The third kappa shape index (κ3) is 4.93. The Hall–Kier alpha value is -0.830. The normalized spacial score (nSPS) is 11.1. The average molecular weight is 298 g/mol. The molecule has 0 amide bonds. The number of rotatable bonds is 9. The summed E-state index contributed by atoms with van der Waals surface area (Å²) in [5, 5.41) is 0. The van der Waals surface area contributed by atoms with Gasteiger partial charge in [0.05, 0.1) is 23.5 Å². The maximum Gasteiger partial charge on any atom is 0.131 e. The number of hydrogen-bond acceptors (Lipinski definition) is 3. The Morgan fingerprint density at radius 3 is 2.20 bits per heavy atom. The van der Waals surface area contributed by atoms with Gasteiger partial charge in [0.2, 0.25) is 0 Å². The fourth-order valence-corrected chi connectivity index (χ4v) is 2.31. The van der Waals surface area contributed by atoms with Crippen molar-refractivity contribution in [2.75, 3.05) is 18.0 Å². The van der Waals surface area contributed by atoms with Gasteiger partial charge >= 0.3 is 0 Å². The molecule has 0 atom stereocenters. The van der Waals surface area contributed by atoms with Gasteiger partial charge < -0.3 is 4.90 Å². The molecule has 0 radical (unpaired) electrons. The van der Waals surface area contributed by atoms with E-state index < -0.39 is 0 Å². The van der Waals surface area contributed by atoms with Crippen LogP contribution in [0, 0.1) is 0 Å². The summed E-state index contributed by atoms with van der Waals surface area (Å²) in [6.07, 6.45) is 6.74. The predicted molar refractivity (Wildman–Crippen MR) is 87.7 cm³/mol. The van der Waals surface area contributed by atoms with E-state index in [4.69, 9.17) is 11.6 Å². The first-order valence-corrected chi connectivity index (χ1v) is 8.34. The molecule has 1 rings (SSSR count). The minimum atomic E-state index is 0.339. The minimum Gasteiger partial charge on any atom is -0.369 e. The average Bonchev–Trinajstić information content (AvgIpc) is 2.47. The Bertz CT molecular complexity index is 385. The van der Waals surface area contributed by atoms with Gasteiger partial charge in [-0.3, -0.25) is 0 Å². The molecule has 114 valence electrons. The highest BCUT2D eigenvalue weighted by atomic mass is 35.5. The summed E-state index contributed by atoms with van der Waals surface area (Å²) in [6.45, 7) is 10.8. The van der Waals surface area contributed by atoms with Crippen LogP contribution in [0.4, 0.5) is 5.69 Å². The van der Waals surface area contributed by atoms with E-state index in [2.05, 4.69) is 42.6 Å². The fourth-order valence-electron chi connectivity index (χ4n) is 2.12. The number of hydrogen-bond donors (Lipinski definition) is 0. The van der Waals surface area contributed by atoms with Gasteiger partial charge in [-0.05, 0) is 12.8 Å². The van der Waals surface area contributed by atoms with Crippen molar-refractivity contribution < 1.29 is 0 Å². The Morgan fingerprint density at radius 2 is 1.75 bits per heavy atom. The second-order valence-corrected chi connectivity index (χ2v) is 5.81. The molecule has 4 heteroatoms. The molecule has 0 N–H and O–H groups in total. The maximum absolute atomic E-state index is 6.10. The van der Waals surface area contributed by atoms with Crippen molar-refractivity contribution in [2.45, 2.75) is 65.2 Å². The molecule has 1 aromatic rings. The molecule has 0 aliphatic heterocycles. The van der Waals surface area contributed by atoms with Crippen LogP contribution in [0.2, 0.25) is 0 Å². The number of unbranched alkanes of at least 4 members (excludes halogenated alkanes) is 2. The third-order valence-corrected chi connectivity index (χ3v) is 3.66. The highest BCUT2D eigenvalue weighted by molar-refractivity contribution is 6.17. The van der Waals surface area contributed by atoms with Crippen LogP contribution in [0.5, 0.6) is 0 Å². The molecule has 0 fully saturated rings. The van der Waals surface area contributed by atoms with E-state index in [1.807, 2.05) is 6.20 Å². The van der Waals surface area contributed by atoms with Crippen molar-refractivity contribution in [3.8, 4) is 0 Å². The number of nitrogens with zero attached hydrogens (tertiary/aromatic N) is 3. The quantitative estimate of drug-likeness (QED) is 0.616. The number of anilines is 1. The van der Waals surface area contributed by atoms with E-state index in [9.17, 15) is 0 Å². The predicted octanol–water partition coefficient (Wildman–Crippen LogP) is 4.75. The van der Waals surface area contributed by atoms with Crippen LogP contribution in [-0.4, -0.2) is 23.1 Å². The van der Waals surface area contributed by atoms with E-state index in [1.54, 1.807) is 0 Å². The van der Waals surface area contributed by atoms with Crippen LogP contribution in [0.15, 0.2) is 6.20 Å². The topological polar surface area (TPSA) is 29.0 Å². The second kappa shape index (κ2) is 9.17. The maximum atomic E-state index is 6.10. The zero-order chi connectivity index (χ0) is 15.0. The number of aromatic nitrogens is 2. The van der Waals surface area contributed by atoms with Crippen molar-refractivity contribution >= 4 is 17.3 Å². The van der Waals surface area contributed by atoms with Gasteiger partial charge in [-0.15, -0.1) is 11.6 Å². The molecule has 0 saturated carbocycles. The van der Waals surface area contributed by atoms with Crippen LogP contribution < -0.4 is 4.90 Å². The van der Waals surface area contributed by atoms with E-state index >= 15 is 0 Å². The summed E-state index contributed by atoms with van der Waals surface area (Å²) < 4.78 is 0. The smallest absolute Gasteiger partial charge is 0.131 e. The molecule has 0 bridgehead atoms. The SMILES string of the molecule is CCCCN(CCCC)c1cnc(C(C)C)nc1CCl. The number of alkyl halides is 1. The van der Waals surface area contributed by atoms with Gasteiger partial charge in [-0.25, -0.2) is 9.97 Å². The molecule has 0 aliphatic rings. The van der Waals surface area contributed by atoms with Gasteiger partial charge in [0.15, 0.2) is 0 Å². The summed E-state index contributed by atoms with van der Waals surface area (Å²) in [7, 11) is 0. The van der Waals surface area contributed by atoms with E-state index in [0.717, 1.165) is 30.3 Å². The zero-order valence-electron chi connectivity index (χ0n) is 13.3. The van der Waals surface area contributed by atoms with Gasteiger partial charge in [0.1, 0.15) is 5.82 Å². The summed E-state index contributed by atoms with van der Waals surface area (Å²) >= 11 is 6.10. The van der Waals surface area contributed by atoms with Gasteiger partial charge in [0.25, 0.3) is 0 Å². The standard InChI is InChI=1S/C16H28ClN3/c1-5-7-9-20(10-8-6-2)15-12-18-16(13(3)4)19-14(15)11-17/h12-13H,5-11H2,1-4H3. The molecule has 0 aliphatic carbocycles. The van der Waals surface area contributed by atoms with Crippen molar-refractivity contribution in [3.05, 3.63) is 17.7 Å². The first kappa shape index (κ1) is 17.2. The Labute approximate surface area is 128 Å². The first-order chi connectivity index (χ1) is 9.63. The van der Waals surface area contributed by atoms with Crippen molar-refractivity contribution in [3.63, 3.8) is 0 Å². The Balaban J connectivity index is 2.98. The van der Waals surface area contributed by atoms with Crippen LogP contribution in [0.3, 0.4) is 0 Å². The Kier molecular flexibility index (Phi) is 7.90. The van der Waals surface area contributed by atoms with Gasteiger partial charge in [-0.1, -0.05) is 40.5 Å². The molecule has 20 heavy (non-hydrogen) atoms. The lowest BCUT2D eigenvalue weighted by atomic mass is 10.2. The first-order valence-electron chi connectivity index (χ1n) is 7.80. The largest absolute Gasteiger partial charge is 0.369 e. The van der Waals surface area contributed by atoms with E-state index in [-0.39, 0.29) is 0 Å². The fraction of sp³-hybridized carbons (Fsp3) is 0.750. The summed E-state index contributed by atoms with van der Waals surface area (Å²) in [5.41, 5.74) is 2.09. The molecule has 0 spiro atoms. The summed E-state index contributed by atoms with van der Waals surface area (Å²) in [5.74, 6) is 1.67. The molecule has 0 saturated heterocycles. The summed E-state index contributed by atoms with van der Waals surface area (Å²) in [4.78, 5) is 11.6. The van der Waals surface area contributed by atoms with E-state index in [1.165, 1.54) is 25.7 Å². The molecular formula is C16H28ClN3. The van der Waals surface area contributed by atoms with Crippen LogP contribution >= 0.6 is 11.6 Å². The lowest BCUT2D eigenvalue weighted by Crippen LogP contribution is -2.27. The monoisotopic (exact) mass is 297 g/mol. The third-order valence-electron chi connectivity index (χ3n) is 3.41. The molecule has 1 heterocycles. The summed E-state index contributed by atoms with van der Waals surface area (Å²) in [6, 6.07) is 0. The van der Waals surface area contributed by atoms with Crippen molar-refractivity contribution in [1.82, 2.24) is 9.97 Å². The highest BCUT2D eigenvalue weighted by Crippen LogP contribution is 2.23. The van der Waals surface area contributed by atoms with Crippen LogP contribution in [0.25, 0.3) is 0 Å².